The Morgan fingerprint density at radius 3 is 2.72 bits per heavy atom. The maximum absolute atomic E-state index is 11.0. The summed E-state index contributed by atoms with van der Waals surface area (Å²) < 4.78 is 0. The van der Waals surface area contributed by atoms with Crippen LogP contribution < -0.4 is 4.90 Å². The Labute approximate surface area is 106 Å². The Kier molecular flexibility index (Phi) is 2.67. The zero-order valence-corrected chi connectivity index (χ0v) is 10.0. The van der Waals surface area contributed by atoms with Crippen LogP contribution in [-0.2, 0) is 4.79 Å². The Morgan fingerprint density at radius 2 is 1.94 bits per heavy atom. The van der Waals surface area contributed by atoms with E-state index in [1.807, 2.05) is 18.2 Å². The van der Waals surface area contributed by atoms with Crippen molar-refractivity contribution in [3.05, 3.63) is 42.5 Å². The monoisotopic (exact) mass is 241 g/mol. The molecule has 1 saturated heterocycles. The number of carbonyl (C=O) groups is 1. The zero-order chi connectivity index (χ0) is 12.5. The zero-order valence-electron chi connectivity index (χ0n) is 10.0. The number of nitrogens with zero attached hydrogens (tertiary/aromatic N) is 1. The van der Waals surface area contributed by atoms with E-state index < -0.39 is 5.97 Å². The van der Waals surface area contributed by atoms with Crippen molar-refractivity contribution in [1.82, 2.24) is 0 Å². The first-order valence-electron chi connectivity index (χ1n) is 6.21. The van der Waals surface area contributed by atoms with Gasteiger partial charge in [0.05, 0.1) is 5.92 Å². The van der Waals surface area contributed by atoms with Gasteiger partial charge in [-0.25, -0.2) is 0 Å². The summed E-state index contributed by atoms with van der Waals surface area (Å²) in [4.78, 5) is 13.2. The molecule has 92 valence electrons. The standard InChI is InChI=1S/C15H15NO2/c17-15(18)12-8-9-16(10-12)14-7-3-5-11-4-1-2-6-13(11)14/h1-7,12H,8-10H2,(H,17,18). The molecular weight excluding hydrogens is 226 g/mol. The van der Waals surface area contributed by atoms with Gasteiger partial charge in [0.1, 0.15) is 0 Å². The average Bonchev–Trinajstić information content (AvgIpc) is 2.87. The van der Waals surface area contributed by atoms with Crippen LogP contribution >= 0.6 is 0 Å². The molecule has 1 atom stereocenters. The van der Waals surface area contributed by atoms with E-state index in [1.54, 1.807) is 0 Å². The highest BCUT2D eigenvalue weighted by atomic mass is 16.4. The second-order valence-corrected chi connectivity index (χ2v) is 4.77. The van der Waals surface area contributed by atoms with Crippen LogP contribution in [0.25, 0.3) is 10.8 Å². The van der Waals surface area contributed by atoms with Crippen molar-refractivity contribution in [3.8, 4) is 0 Å². The van der Waals surface area contributed by atoms with Gasteiger partial charge in [0.2, 0.25) is 0 Å². The summed E-state index contributed by atoms with van der Waals surface area (Å²) in [6, 6.07) is 14.4. The molecule has 1 N–H and O–H groups in total. The third-order valence-electron chi connectivity index (χ3n) is 3.64. The summed E-state index contributed by atoms with van der Waals surface area (Å²) in [7, 11) is 0. The Bertz CT molecular complexity index is 589. The molecule has 0 saturated carbocycles. The Hall–Kier alpha value is -2.03. The molecule has 2 aromatic carbocycles. The normalized spacial score (nSPS) is 19.3. The number of anilines is 1. The highest BCUT2D eigenvalue weighted by Gasteiger charge is 2.28. The number of hydrogen-bond acceptors (Lipinski definition) is 2. The predicted octanol–water partition coefficient (Wildman–Crippen LogP) is 2.75. The number of carboxylic acid groups (broad SMARTS) is 1. The summed E-state index contributed by atoms with van der Waals surface area (Å²) in [5.74, 6) is -0.915. The van der Waals surface area contributed by atoms with E-state index in [9.17, 15) is 4.79 Å². The van der Waals surface area contributed by atoms with Crippen LogP contribution in [0.1, 0.15) is 6.42 Å². The topological polar surface area (TPSA) is 40.5 Å². The van der Waals surface area contributed by atoms with Gasteiger partial charge in [0.15, 0.2) is 0 Å². The number of rotatable bonds is 2. The molecular formula is C15H15NO2. The van der Waals surface area contributed by atoms with Crippen LogP contribution in [0.3, 0.4) is 0 Å². The van der Waals surface area contributed by atoms with Gasteiger partial charge in [-0.2, -0.15) is 0 Å². The van der Waals surface area contributed by atoms with Gasteiger partial charge in [-0.05, 0) is 17.9 Å². The van der Waals surface area contributed by atoms with Crippen molar-refractivity contribution in [1.29, 1.82) is 0 Å². The Morgan fingerprint density at radius 1 is 1.17 bits per heavy atom. The highest BCUT2D eigenvalue weighted by Crippen LogP contribution is 2.30. The lowest BCUT2D eigenvalue weighted by Gasteiger charge is -2.20. The third-order valence-corrected chi connectivity index (χ3v) is 3.64. The summed E-state index contributed by atoms with van der Waals surface area (Å²) >= 11 is 0. The first-order chi connectivity index (χ1) is 8.75. The fourth-order valence-corrected chi connectivity index (χ4v) is 2.66. The summed E-state index contributed by atoms with van der Waals surface area (Å²) in [6.07, 6.45) is 0.735. The van der Waals surface area contributed by atoms with Crippen molar-refractivity contribution in [3.63, 3.8) is 0 Å². The van der Waals surface area contributed by atoms with E-state index in [0.717, 1.165) is 18.7 Å². The fourth-order valence-electron chi connectivity index (χ4n) is 2.66. The minimum atomic E-state index is -0.683. The number of hydrogen-bond donors (Lipinski definition) is 1. The van der Waals surface area contributed by atoms with Gasteiger partial charge in [-0.3, -0.25) is 4.79 Å². The smallest absolute Gasteiger partial charge is 0.308 e. The average molecular weight is 241 g/mol. The third kappa shape index (κ3) is 1.82. The van der Waals surface area contributed by atoms with Gasteiger partial charge in [0, 0.05) is 24.2 Å². The van der Waals surface area contributed by atoms with E-state index in [0.29, 0.717) is 6.54 Å². The van der Waals surface area contributed by atoms with Crippen LogP contribution in [0.2, 0.25) is 0 Å². The molecule has 3 nitrogen and oxygen atoms in total. The molecule has 1 unspecified atom stereocenters. The molecule has 1 aliphatic heterocycles. The molecule has 1 aliphatic rings. The summed E-state index contributed by atoms with van der Waals surface area (Å²) in [5, 5.41) is 11.5. The van der Waals surface area contributed by atoms with Gasteiger partial charge < -0.3 is 10.0 Å². The van der Waals surface area contributed by atoms with Crippen molar-refractivity contribution >= 4 is 22.4 Å². The lowest BCUT2D eigenvalue weighted by molar-refractivity contribution is -0.140. The fraction of sp³-hybridized carbons (Fsp3) is 0.267. The quantitative estimate of drug-likeness (QED) is 0.878. The molecule has 0 spiro atoms. The number of benzene rings is 2. The van der Waals surface area contributed by atoms with E-state index in [-0.39, 0.29) is 5.92 Å². The second-order valence-electron chi connectivity index (χ2n) is 4.77. The number of carboxylic acids is 1. The van der Waals surface area contributed by atoms with E-state index in [2.05, 4.69) is 29.2 Å². The van der Waals surface area contributed by atoms with E-state index >= 15 is 0 Å². The van der Waals surface area contributed by atoms with Crippen LogP contribution in [0, 0.1) is 5.92 Å². The van der Waals surface area contributed by atoms with Crippen LogP contribution in [-0.4, -0.2) is 24.2 Å². The minimum absolute atomic E-state index is 0.232. The van der Waals surface area contributed by atoms with Gasteiger partial charge in [-0.15, -0.1) is 0 Å². The van der Waals surface area contributed by atoms with Crippen LogP contribution in [0.5, 0.6) is 0 Å². The number of aliphatic carboxylic acids is 1. The summed E-state index contributed by atoms with van der Waals surface area (Å²) in [6.45, 7) is 1.44. The SMILES string of the molecule is O=C(O)C1CCN(c2cccc3ccccc23)C1. The van der Waals surface area contributed by atoms with Crippen molar-refractivity contribution in [2.75, 3.05) is 18.0 Å². The molecule has 18 heavy (non-hydrogen) atoms. The first kappa shape index (κ1) is 11.1. The lowest BCUT2D eigenvalue weighted by Crippen LogP contribution is -2.22. The molecule has 0 amide bonds. The van der Waals surface area contributed by atoms with E-state index in [4.69, 9.17) is 5.11 Å². The van der Waals surface area contributed by atoms with Crippen LogP contribution in [0.15, 0.2) is 42.5 Å². The molecule has 1 fully saturated rings. The maximum atomic E-state index is 11.0. The van der Waals surface area contributed by atoms with Crippen molar-refractivity contribution in [2.24, 2.45) is 5.92 Å². The maximum Gasteiger partial charge on any atom is 0.308 e. The van der Waals surface area contributed by atoms with Crippen molar-refractivity contribution < 1.29 is 9.90 Å². The van der Waals surface area contributed by atoms with E-state index in [1.165, 1.54) is 10.8 Å². The summed E-state index contributed by atoms with van der Waals surface area (Å²) in [5.41, 5.74) is 1.15. The molecule has 0 radical (unpaired) electrons. The molecule has 0 aromatic heterocycles. The molecule has 0 aliphatic carbocycles. The van der Waals surface area contributed by atoms with Gasteiger partial charge in [-0.1, -0.05) is 36.4 Å². The number of fused-ring (bicyclic) bond motifs is 1. The predicted molar refractivity (Wildman–Crippen MR) is 71.9 cm³/mol. The lowest BCUT2D eigenvalue weighted by atomic mass is 10.1. The molecule has 0 bridgehead atoms. The molecule has 3 rings (SSSR count). The molecule has 2 aromatic rings. The molecule has 3 heteroatoms. The first-order valence-corrected chi connectivity index (χ1v) is 6.21. The minimum Gasteiger partial charge on any atom is -0.481 e. The second kappa shape index (κ2) is 4.33. The molecule has 1 heterocycles. The largest absolute Gasteiger partial charge is 0.481 e. The highest BCUT2D eigenvalue weighted by molar-refractivity contribution is 5.94. The van der Waals surface area contributed by atoms with Crippen LogP contribution in [0.4, 0.5) is 5.69 Å². The van der Waals surface area contributed by atoms with Gasteiger partial charge >= 0.3 is 5.97 Å². The Balaban J connectivity index is 1.98. The van der Waals surface area contributed by atoms with Crippen molar-refractivity contribution in [2.45, 2.75) is 6.42 Å². The van der Waals surface area contributed by atoms with Gasteiger partial charge in [0.25, 0.3) is 0 Å².